The number of nitriles is 1. The van der Waals surface area contributed by atoms with Gasteiger partial charge >= 0.3 is 0 Å². The van der Waals surface area contributed by atoms with Crippen molar-refractivity contribution in [1.82, 2.24) is 5.32 Å². The Morgan fingerprint density at radius 3 is 2.79 bits per heavy atom. The van der Waals surface area contributed by atoms with Crippen molar-refractivity contribution < 1.29 is 4.79 Å². The predicted molar refractivity (Wildman–Crippen MR) is 77.9 cm³/mol. The van der Waals surface area contributed by atoms with Gasteiger partial charge in [-0.15, -0.1) is 0 Å². The Morgan fingerprint density at radius 1 is 1.53 bits per heavy atom. The first kappa shape index (κ1) is 15.6. The van der Waals surface area contributed by atoms with Crippen LogP contribution in [0.5, 0.6) is 0 Å². The van der Waals surface area contributed by atoms with Gasteiger partial charge in [-0.25, -0.2) is 0 Å². The maximum absolute atomic E-state index is 11.9. The van der Waals surface area contributed by atoms with Crippen molar-refractivity contribution in [3.8, 4) is 6.07 Å². The van der Waals surface area contributed by atoms with Crippen LogP contribution in [-0.4, -0.2) is 11.9 Å². The number of nitrogens with zero attached hydrogens (tertiary/aromatic N) is 1. The molecule has 0 aliphatic rings. The van der Waals surface area contributed by atoms with Crippen LogP contribution in [0.4, 0.5) is 0 Å². The van der Waals surface area contributed by atoms with Gasteiger partial charge in [-0.1, -0.05) is 42.3 Å². The lowest BCUT2D eigenvalue weighted by atomic mass is 10.1. The zero-order valence-electron chi connectivity index (χ0n) is 10.7. The number of nitrogens with one attached hydrogen (secondary N) is 1. The fourth-order valence-corrected chi connectivity index (χ4v) is 1.70. The Hall–Kier alpha value is -1.50. The lowest BCUT2D eigenvalue weighted by Gasteiger charge is -2.10. The highest BCUT2D eigenvalue weighted by Gasteiger charge is 2.12. The van der Waals surface area contributed by atoms with Gasteiger partial charge in [0.25, 0.3) is 5.91 Å². The summed E-state index contributed by atoms with van der Waals surface area (Å²) in [5, 5.41) is 12.5. The summed E-state index contributed by atoms with van der Waals surface area (Å²) in [4.78, 5) is 11.9. The number of amides is 1. The fourth-order valence-electron chi connectivity index (χ4n) is 1.34. The molecule has 0 saturated heterocycles. The van der Waals surface area contributed by atoms with E-state index in [0.29, 0.717) is 15.6 Å². The summed E-state index contributed by atoms with van der Waals surface area (Å²) in [7, 11) is 0. The van der Waals surface area contributed by atoms with E-state index in [4.69, 9.17) is 28.5 Å². The Labute approximate surface area is 122 Å². The van der Waals surface area contributed by atoms with Gasteiger partial charge in [0.05, 0.1) is 10.0 Å². The van der Waals surface area contributed by atoms with Gasteiger partial charge in [0.2, 0.25) is 0 Å². The van der Waals surface area contributed by atoms with Gasteiger partial charge in [0.15, 0.2) is 0 Å². The van der Waals surface area contributed by atoms with Crippen molar-refractivity contribution in [2.45, 2.75) is 26.3 Å². The van der Waals surface area contributed by atoms with Crippen LogP contribution in [0.2, 0.25) is 10.0 Å². The van der Waals surface area contributed by atoms with Crippen molar-refractivity contribution in [1.29, 1.82) is 5.26 Å². The first-order chi connectivity index (χ1) is 8.99. The molecule has 0 aliphatic heterocycles. The Bertz CT molecular complexity index is 547. The Morgan fingerprint density at radius 2 is 2.21 bits per heavy atom. The summed E-state index contributed by atoms with van der Waals surface area (Å²) in [6, 6.07) is 6.94. The molecular weight excluding hydrogens is 283 g/mol. The van der Waals surface area contributed by atoms with E-state index in [1.807, 2.05) is 19.9 Å². The second-order valence-corrected chi connectivity index (χ2v) is 4.88. The summed E-state index contributed by atoms with van der Waals surface area (Å²) in [5.41, 5.74) is 0.550. The van der Waals surface area contributed by atoms with Gasteiger partial charge in [0, 0.05) is 6.04 Å². The molecule has 0 spiro atoms. The molecule has 0 aliphatic carbocycles. The number of carbonyl (C=O) groups excluding carboxylic acids is 1. The topological polar surface area (TPSA) is 52.9 Å². The van der Waals surface area contributed by atoms with E-state index < -0.39 is 5.91 Å². The molecule has 19 heavy (non-hydrogen) atoms. The Kier molecular flexibility index (Phi) is 5.88. The molecule has 0 aromatic heterocycles. The van der Waals surface area contributed by atoms with E-state index >= 15 is 0 Å². The minimum atomic E-state index is -0.409. The third-order valence-electron chi connectivity index (χ3n) is 2.64. The smallest absolute Gasteiger partial charge is 0.262 e. The average molecular weight is 297 g/mol. The zero-order valence-corrected chi connectivity index (χ0v) is 12.2. The van der Waals surface area contributed by atoms with Crippen molar-refractivity contribution in [2.24, 2.45) is 0 Å². The molecule has 0 heterocycles. The van der Waals surface area contributed by atoms with E-state index in [1.54, 1.807) is 18.2 Å². The molecule has 0 fully saturated rings. The van der Waals surface area contributed by atoms with Crippen LogP contribution in [0.25, 0.3) is 6.08 Å². The lowest BCUT2D eigenvalue weighted by Crippen LogP contribution is -2.32. The molecule has 3 nitrogen and oxygen atoms in total. The number of rotatable bonds is 4. The van der Waals surface area contributed by atoms with Gasteiger partial charge < -0.3 is 5.32 Å². The summed E-state index contributed by atoms with van der Waals surface area (Å²) >= 11 is 11.9. The van der Waals surface area contributed by atoms with Gasteiger partial charge in [-0.05, 0) is 31.1 Å². The maximum atomic E-state index is 11.9. The Balaban J connectivity index is 3.03. The van der Waals surface area contributed by atoms with E-state index in [-0.39, 0.29) is 11.6 Å². The minimum Gasteiger partial charge on any atom is -0.349 e. The lowest BCUT2D eigenvalue weighted by molar-refractivity contribution is -0.117. The first-order valence-corrected chi connectivity index (χ1v) is 6.61. The normalized spacial score (nSPS) is 12.7. The van der Waals surface area contributed by atoms with Crippen LogP contribution in [0.3, 0.4) is 0 Å². The SMILES string of the molecule is CC[C@H](C)NC(=O)/C(C#N)=C/c1cccc(Cl)c1Cl. The third kappa shape index (κ3) is 4.27. The number of hydrogen-bond acceptors (Lipinski definition) is 2. The molecule has 0 saturated carbocycles. The number of halogens is 2. The molecule has 100 valence electrons. The molecule has 0 radical (unpaired) electrons. The van der Waals surface area contributed by atoms with E-state index in [2.05, 4.69) is 5.32 Å². The molecule has 1 aromatic rings. The highest BCUT2D eigenvalue weighted by atomic mass is 35.5. The summed E-state index contributed by atoms with van der Waals surface area (Å²) in [6.07, 6.45) is 2.23. The van der Waals surface area contributed by atoms with E-state index in [9.17, 15) is 4.79 Å². The summed E-state index contributed by atoms with van der Waals surface area (Å²) in [5.74, 6) is -0.409. The highest BCUT2D eigenvalue weighted by molar-refractivity contribution is 6.43. The van der Waals surface area contributed by atoms with Gasteiger partial charge in [-0.2, -0.15) is 5.26 Å². The first-order valence-electron chi connectivity index (χ1n) is 5.86. The van der Waals surface area contributed by atoms with Crippen LogP contribution in [0, 0.1) is 11.3 Å². The number of hydrogen-bond donors (Lipinski definition) is 1. The van der Waals surface area contributed by atoms with Gasteiger partial charge in [0.1, 0.15) is 11.6 Å². The summed E-state index contributed by atoms with van der Waals surface area (Å²) in [6.45, 7) is 3.83. The zero-order chi connectivity index (χ0) is 14.4. The van der Waals surface area contributed by atoms with Crippen LogP contribution >= 0.6 is 23.2 Å². The van der Waals surface area contributed by atoms with E-state index in [1.165, 1.54) is 6.08 Å². The molecular formula is C14H14Cl2N2O. The van der Waals surface area contributed by atoms with Crippen LogP contribution in [0.15, 0.2) is 23.8 Å². The van der Waals surface area contributed by atoms with Crippen LogP contribution < -0.4 is 5.32 Å². The van der Waals surface area contributed by atoms with Crippen molar-refractivity contribution in [3.05, 3.63) is 39.4 Å². The second-order valence-electron chi connectivity index (χ2n) is 4.10. The molecule has 1 aromatic carbocycles. The predicted octanol–water partition coefficient (Wildman–Crippen LogP) is 3.82. The molecule has 5 heteroatoms. The standard InChI is InChI=1S/C14H14Cl2N2O/c1-3-9(2)18-14(19)11(8-17)7-10-5-4-6-12(15)13(10)16/h4-7,9H,3H2,1-2H3,(H,18,19)/b11-7+/t9-/m0/s1. The largest absolute Gasteiger partial charge is 0.349 e. The highest BCUT2D eigenvalue weighted by Crippen LogP contribution is 2.27. The minimum absolute atomic E-state index is 0.00414. The van der Waals surface area contributed by atoms with Crippen molar-refractivity contribution in [3.63, 3.8) is 0 Å². The quantitative estimate of drug-likeness (QED) is 0.678. The molecule has 1 rings (SSSR count). The number of carbonyl (C=O) groups is 1. The van der Waals surface area contributed by atoms with E-state index in [0.717, 1.165) is 6.42 Å². The molecule has 1 N–H and O–H groups in total. The second kappa shape index (κ2) is 7.18. The number of benzene rings is 1. The van der Waals surface area contributed by atoms with Crippen molar-refractivity contribution >= 4 is 35.2 Å². The van der Waals surface area contributed by atoms with Gasteiger partial charge in [-0.3, -0.25) is 4.79 Å². The maximum Gasteiger partial charge on any atom is 0.262 e. The monoisotopic (exact) mass is 296 g/mol. The van der Waals surface area contributed by atoms with Crippen molar-refractivity contribution in [2.75, 3.05) is 0 Å². The molecule has 0 bridgehead atoms. The summed E-state index contributed by atoms with van der Waals surface area (Å²) < 4.78 is 0. The molecule has 1 amide bonds. The molecule has 1 atom stereocenters. The average Bonchev–Trinajstić information content (AvgIpc) is 2.40. The third-order valence-corrected chi connectivity index (χ3v) is 3.47. The fraction of sp³-hybridized carbons (Fsp3) is 0.286. The molecule has 0 unspecified atom stereocenters. The van der Waals surface area contributed by atoms with Crippen LogP contribution in [-0.2, 0) is 4.79 Å². The van der Waals surface area contributed by atoms with Crippen LogP contribution in [0.1, 0.15) is 25.8 Å².